The maximum Gasteiger partial charge on any atom is 0.416 e. The second-order valence-corrected chi connectivity index (χ2v) is 6.20. The summed E-state index contributed by atoms with van der Waals surface area (Å²) in [6.45, 7) is 4.27. The second kappa shape index (κ2) is 7.95. The van der Waals surface area contributed by atoms with Gasteiger partial charge in [0.25, 0.3) is 5.91 Å². The van der Waals surface area contributed by atoms with Gasteiger partial charge in [0.05, 0.1) is 11.1 Å². The van der Waals surface area contributed by atoms with Crippen molar-refractivity contribution in [2.75, 3.05) is 6.61 Å². The quantitative estimate of drug-likeness (QED) is 0.778. The SMILES string of the molecule is CCCc1c(-c2ccc(C(F)(F)F)cc2)c(C(N)=O)c(C)n1CCCO. The number of amides is 1. The standard InChI is InChI=1S/C19H23F3N2O2/c1-3-5-15-17(13-6-8-14(9-7-13)19(20,21)22)16(18(23)26)12(2)24(15)10-4-11-25/h6-9,25H,3-5,10-11H2,1-2H3,(H2,23,26). The molecule has 0 aliphatic rings. The number of rotatable bonds is 7. The molecule has 1 amide bonds. The highest BCUT2D eigenvalue weighted by atomic mass is 19.4. The largest absolute Gasteiger partial charge is 0.416 e. The van der Waals surface area contributed by atoms with E-state index in [0.717, 1.165) is 24.2 Å². The van der Waals surface area contributed by atoms with Crippen molar-refractivity contribution < 1.29 is 23.1 Å². The number of hydrogen-bond acceptors (Lipinski definition) is 2. The van der Waals surface area contributed by atoms with Crippen molar-refractivity contribution in [3.05, 3.63) is 46.8 Å². The summed E-state index contributed by atoms with van der Waals surface area (Å²) < 4.78 is 40.4. The Hall–Kier alpha value is -2.28. The van der Waals surface area contributed by atoms with Crippen molar-refractivity contribution >= 4 is 5.91 Å². The Labute approximate surface area is 150 Å². The molecular formula is C19H23F3N2O2. The number of carbonyl (C=O) groups is 1. The van der Waals surface area contributed by atoms with Crippen molar-refractivity contribution in [1.82, 2.24) is 4.57 Å². The number of benzene rings is 1. The lowest BCUT2D eigenvalue weighted by atomic mass is 9.97. The molecule has 7 heteroatoms. The number of nitrogens with zero attached hydrogens (tertiary/aromatic N) is 1. The van der Waals surface area contributed by atoms with Gasteiger partial charge in [-0.1, -0.05) is 25.5 Å². The number of aromatic nitrogens is 1. The van der Waals surface area contributed by atoms with Crippen LogP contribution in [0.1, 0.15) is 47.1 Å². The monoisotopic (exact) mass is 368 g/mol. The number of hydrogen-bond donors (Lipinski definition) is 2. The first-order chi connectivity index (χ1) is 12.2. The zero-order valence-electron chi connectivity index (χ0n) is 14.9. The Balaban J connectivity index is 2.66. The third kappa shape index (κ3) is 3.93. The molecule has 2 rings (SSSR count). The molecule has 0 bridgehead atoms. The maximum absolute atomic E-state index is 12.8. The summed E-state index contributed by atoms with van der Waals surface area (Å²) in [5, 5.41) is 9.14. The smallest absolute Gasteiger partial charge is 0.396 e. The van der Waals surface area contributed by atoms with Crippen LogP contribution in [0.4, 0.5) is 13.2 Å². The molecule has 0 spiro atoms. The summed E-state index contributed by atoms with van der Waals surface area (Å²) in [4.78, 5) is 12.1. The Morgan fingerprint density at radius 2 is 1.85 bits per heavy atom. The number of nitrogens with two attached hydrogens (primary N) is 1. The summed E-state index contributed by atoms with van der Waals surface area (Å²) in [5.74, 6) is -0.613. The molecular weight excluding hydrogens is 345 g/mol. The second-order valence-electron chi connectivity index (χ2n) is 6.20. The van der Waals surface area contributed by atoms with Gasteiger partial charge < -0.3 is 15.4 Å². The van der Waals surface area contributed by atoms with E-state index in [9.17, 15) is 18.0 Å². The molecule has 142 valence electrons. The van der Waals surface area contributed by atoms with E-state index in [2.05, 4.69) is 0 Å². The van der Waals surface area contributed by atoms with Gasteiger partial charge in [-0.25, -0.2) is 0 Å². The van der Waals surface area contributed by atoms with Gasteiger partial charge in [-0.15, -0.1) is 0 Å². The molecule has 0 saturated heterocycles. The molecule has 0 aliphatic carbocycles. The van der Waals surface area contributed by atoms with Crippen molar-refractivity contribution in [3.8, 4) is 11.1 Å². The van der Waals surface area contributed by atoms with Gasteiger partial charge in [0.15, 0.2) is 0 Å². The van der Waals surface area contributed by atoms with E-state index < -0.39 is 17.6 Å². The predicted octanol–water partition coefficient (Wildman–Crippen LogP) is 3.92. The van der Waals surface area contributed by atoms with Gasteiger partial charge in [-0.2, -0.15) is 13.2 Å². The van der Waals surface area contributed by atoms with Crippen molar-refractivity contribution in [1.29, 1.82) is 0 Å². The summed E-state index contributed by atoms with van der Waals surface area (Å²) in [6, 6.07) is 4.77. The highest BCUT2D eigenvalue weighted by Gasteiger charge is 2.31. The van der Waals surface area contributed by atoms with Crippen LogP contribution in [0.2, 0.25) is 0 Å². The molecule has 0 saturated carbocycles. The molecule has 4 nitrogen and oxygen atoms in total. The van der Waals surface area contributed by atoms with Crippen molar-refractivity contribution in [2.24, 2.45) is 5.73 Å². The summed E-state index contributed by atoms with van der Waals surface area (Å²) in [7, 11) is 0. The molecule has 0 fully saturated rings. The zero-order chi connectivity index (χ0) is 19.5. The summed E-state index contributed by atoms with van der Waals surface area (Å²) >= 11 is 0. The Kier molecular flexibility index (Phi) is 6.13. The van der Waals surface area contributed by atoms with E-state index in [1.54, 1.807) is 6.92 Å². The van der Waals surface area contributed by atoms with E-state index in [0.29, 0.717) is 41.8 Å². The van der Waals surface area contributed by atoms with Gasteiger partial charge in [0.2, 0.25) is 0 Å². The highest BCUT2D eigenvalue weighted by Crippen LogP contribution is 2.36. The lowest BCUT2D eigenvalue weighted by Gasteiger charge is -2.13. The van der Waals surface area contributed by atoms with Crippen LogP contribution in [0.25, 0.3) is 11.1 Å². The first-order valence-electron chi connectivity index (χ1n) is 8.52. The number of alkyl halides is 3. The molecule has 0 aliphatic heterocycles. The number of carbonyl (C=O) groups excluding carboxylic acids is 1. The maximum atomic E-state index is 12.8. The molecule has 1 aromatic carbocycles. The van der Waals surface area contributed by atoms with Crippen molar-refractivity contribution in [3.63, 3.8) is 0 Å². The van der Waals surface area contributed by atoms with Crippen LogP contribution < -0.4 is 5.73 Å². The Morgan fingerprint density at radius 1 is 1.23 bits per heavy atom. The van der Waals surface area contributed by atoms with Crippen LogP contribution in [0.15, 0.2) is 24.3 Å². The van der Waals surface area contributed by atoms with Crippen molar-refractivity contribution in [2.45, 2.75) is 45.8 Å². The minimum atomic E-state index is -4.42. The van der Waals surface area contributed by atoms with Gasteiger partial charge in [0.1, 0.15) is 0 Å². The summed E-state index contributed by atoms with van der Waals surface area (Å²) in [6.07, 6.45) is -2.46. The van der Waals surface area contributed by atoms with E-state index in [4.69, 9.17) is 10.8 Å². The van der Waals surface area contributed by atoms with Crippen LogP contribution in [0.3, 0.4) is 0 Å². The van der Waals surface area contributed by atoms with Gasteiger partial charge in [0, 0.05) is 30.1 Å². The predicted molar refractivity (Wildman–Crippen MR) is 93.8 cm³/mol. The third-order valence-corrected chi connectivity index (χ3v) is 4.41. The third-order valence-electron chi connectivity index (χ3n) is 4.41. The topological polar surface area (TPSA) is 68.2 Å². The first kappa shape index (κ1) is 20.0. The average Bonchev–Trinajstić information content (AvgIpc) is 2.85. The molecule has 2 aromatic rings. The van der Waals surface area contributed by atoms with Gasteiger partial charge >= 0.3 is 6.18 Å². The van der Waals surface area contributed by atoms with Crippen LogP contribution >= 0.6 is 0 Å². The number of primary amides is 1. The molecule has 1 heterocycles. The number of halogens is 3. The fraction of sp³-hybridized carbons (Fsp3) is 0.421. The Morgan fingerprint density at radius 3 is 2.31 bits per heavy atom. The van der Waals surface area contributed by atoms with Crippen LogP contribution in [0.5, 0.6) is 0 Å². The molecule has 0 unspecified atom stereocenters. The summed E-state index contributed by atoms with van der Waals surface area (Å²) in [5.41, 5.74) is 7.80. The highest BCUT2D eigenvalue weighted by molar-refractivity contribution is 6.02. The molecule has 0 radical (unpaired) electrons. The van der Waals surface area contributed by atoms with E-state index in [1.165, 1.54) is 12.1 Å². The lowest BCUT2D eigenvalue weighted by molar-refractivity contribution is -0.137. The van der Waals surface area contributed by atoms with E-state index >= 15 is 0 Å². The molecule has 0 atom stereocenters. The molecule has 1 aromatic heterocycles. The van der Waals surface area contributed by atoms with Gasteiger partial charge in [-0.3, -0.25) is 4.79 Å². The minimum absolute atomic E-state index is 0.00467. The molecule has 26 heavy (non-hydrogen) atoms. The number of aliphatic hydroxyl groups is 1. The Bertz CT molecular complexity index is 778. The normalized spacial score (nSPS) is 11.8. The van der Waals surface area contributed by atoms with Crippen LogP contribution in [-0.2, 0) is 19.1 Å². The number of aliphatic hydroxyl groups excluding tert-OH is 1. The minimum Gasteiger partial charge on any atom is -0.396 e. The van der Waals surface area contributed by atoms with E-state index in [-0.39, 0.29) is 6.61 Å². The van der Waals surface area contributed by atoms with Gasteiger partial charge in [-0.05, 0) is 37.5 Å². The van der Waals surface area contributed by atoms with E-state index in [1.807, 2.05) is 11.5 Å². The fourth-order valence-corrected chi connectivity index (χ4v) is 3.26. The zero-order valence-corrected chi connectivity index (χ0v) is 14.9. The first-order valence-corrected chi connectivity index (χ1v) is 8.52. The fourth-order valence-electron chi connectivity index (χ4n) is 3.26. The lowest BCUT2D eigenvalue weighted by Crippen LogP contribution is -2.13. The van der Waals surface area contributed by atoms with Crippen LogP contribution in [-0.4, -0.2) is 22.2 Å². The molecule has 3 N–H and O–H groups in total. The average molecular weight is 368 g/mol. The van der Waals surface area contributed by atoms with Crippen LogP contribution in [0, 0.1) is 6.92 Å².